The minimum absolute atomic E-state index is 0.205. The summed E-state index contributed by atoms with van der Waals surface area (Å²) in [7, 11) is 0. The summed E-state index contributed by atoms with van der Waals surface area (Å²) in [5.74, 6) is 0.205. The number of fused-ring (bicyclic) bond motifs is 1. The smallest absolute Gasteiger partial charge is 0.288 e. The van der Waals surface area contributed by atoms with Gasteiger partial charge in [-0.1, -0.05) is 41.5 Å². The third-order valence-electron chi connectivity index (χ3n) is 3.36. The molecule has 3 heteroatoms. The number of halogens is 1. The van der Waals surface area contributed by atoms with Crippen molar-refractivity contribution in [1.29, 1.82) is 0 Å². The van der Waals surface area contributed by atoms with E-state index in [1.165, 1.54) is 0 Å². The number of rotatable bonds is 2. The Morgan fingerprint density at radius 2 is 1.65 bits per heavy atom. The van der Waals surface area contributed by atoms with Gasteiger partial charge in [-0.05, 0) is 43.1 Å². The fourth-order valence-corrected chi connectivity index (χ4v) is 2.49. The second-order valence-electron chi connectivity index (χ2n) is 4.95. The van der Waals surface area contributed by atoms with Gasteiger partial charge in [-0.3, -0.25) is 4.79 Å². The van der Waals surface area contributed by atoms with Crippen LogP contribution in [0.15, 0.2) is 46.9 Å². The molecule has 2 nitrogen and oxygen atoms in total. The van der Waals surface area contributed by atoms with Gasteiger partial charge in [0.2, 0.25) is 0 Å². The van der Waals surface area contributed by atoms with Crippen molar-refractivity contribution in [2.45, 2.75) is 13.8 Å². The van der Waals surface area contributed by atoms with Gasteiger partial charge in [-0.2, -0.15) is 0 Å². The molecule has 0 fully saturated rings. The highest BCUT2D eigenvalue weighted by atomic mass is 35.5. The molecule has 3 rings (SSSR count). The molecule has 0 atom stereocenters. The second-order valence-corrected chi connectivity index (χ2v) is 5.29. The minimum atomic E-state index is -0.575. The first kappa shape index (κ1) is 12.9. The van der Waals surface area contributed by atoms with Gasteiger partial charge in [-0.25, -0.2) is 0 Å². The molecule has 100 valence electrons. The van der Waals surface area contributed by atoms with Crippen LogP contribution in [0.2, 0.25) is 0 Å². The maximum Gasteiger partial charge on any atom is 0.288 e. The molecule has 0 aliphatic rings. The molecule has 2 aromatic carbocycles. The lowest BCUT2D eigenvalue weighted by Gasteiger charge is -2.02. The number of benzene rings is 2. The van der Waals surface area contributed by atoms with E-state index >= 15 is 0 Å². The standard InChI is InChI=1S/C17H13ClO2/c1-10-3-6-12(7-4-10)15-13-9-11(2)5-8-14(13)20-16(15)17(18)19/h3-9H,1-2H3. The summed E-state index contributed by atoms with van der Waals surface area (Å²) in [5.41, 5.74) is 4.65. The van der Waals surface area contributed by atoms with Crippen LogP contribution in [0.1, 0.15) is 21.7 Å². The predicted octanol–water partition coefficient (Wildman–Crippen LogP) is 5.10. The van der Waals surface area contributed by atoms with E-state index in [0.717, 1.165) is 27.6 Å². The van der Waals surface area contributed by atoms with Crippen molar-refractivity contribution in [1.82, 2.24) is 0 Å². The van der Waals surface area contributed by atoms with Gasteiger partial charge < -0.3 is 4.42 Å². The first-order valence-electron chi connectivity index (χ1n) is 6.36. The number of furan rings is 1. The minimum Gasteiger partial charge on any atom is -0.451 e. The van der Waals surface area contributed by atoms with Gasteiger partial charge in [0.05, 0.1) is 0 Å². The van der Waals surface area contributed by atoms with Gasteiger partial charge in [0.25, 0.3) is 5.24 Å². The van der Waals surface area contributed by atoms with E-state index in [0.29, 0.717) is 5.58 Å². The van der Waals surface area contributed by atoms with Gasteiger partial charge in [0.15, 0.2) is 5.76 Å². The van der Waals surface area contributed by atoms with Crippen LogP contribution in [0, 0.1) is 13.8 Å². The first-order chi connectivity index (χ1) is 9.56. The molecule has 0 radical (unpaired) electrons. The normalized spacial score (nSPS) is 10.9. The average Bonchev–Trinajstić information content (AvgIpc) is 2.78. The lowest BCUT2D eigenvalue weighted by Crippen LogP contribution is -1.89. The highest BCUT2D eigenvalue weighted by Crippen LogP contribution is 2.36. The van der Waals surface area contributed by atoms with E-state index in [1.54, 1.807) is 0 Å². The molecule has 0 saturated heterocycles. The monoisotopic (exact) mass is 284 g/mol. The molecule has 0 amide bonds. The number of hydrogen-bond donors (Lipinski definition) is 0. The summed E-state index contributed by atoms with van der Waals surface area (Å²) in [6.07, 6.45) is 0. The van der Waals surface area contributed by atoms with Crippen molar-refractivity contribution in [3.63, 3.8) is 0 Å². The van der Waals surface area contributed by atoms with Crippen LogP contribution in [0.4, 0.5) is 0 Å². The molecule has 0 N–H and O–H groups in total. The highest BCUT2D eigenvalue weighted by Gasteiger charge is 2.20. The van der Waals surface area contributed by atoms with Crippen LogP contribution in [0.25, 0.3) is 22.1 Å². The van der Waals surface area contributed by atoms with Crippen molar-refractivity contribution in [2.24, 2.45) is 0 Å². The molecular weight excluding hydrogens is 272 g/mol. The van der Waals surface area contributed by atoms with Gasteiger partial charge in [0, 0.05) is 10.9 Å². The van der Waals surface area contributed by atoms with E-state index in [2.05, 4.69) is 0 Å². The zero-order valence-corrected chi connectivity index (χ0v) is 12.0. The molecule has 0 unspecified atom stereocenters. The molecule has 20 heavy (non-hydrogen) atoms. The maximum absolute atomic E-state index is 11.6. The van der Waals surface area contributed by atoms with Crippen LogP contribution in [-0.4, -0.2) is 5.24 Å². The molecule has 0 spiro atoms. The zero-order valence-electron chi connectivity index (χ0n) is 11.2. The lowest BCUT2D eigenvalue weighted by atomic mass is 10.00. The van der Waals surface area contributed by atoms with E-state index in [9.17, 15) is 4.79 Å². The molecular formula is C17H13ClO2. The SMILES string of the molecule is Cc1ccc(-c2c(C(=O)Cl)oc3ccc(C)cc23)cc1. The first-order valence-corrected chi connectivity index (χ1v) is 6.74. The predicted molar refractivity (Wildman–Crippen MR) is 81.3 cm³/mol. The Morgan fingerprint density at radius 3 is 2.30 bits per heavy atom. The summed E-state index contributed by atoms with van der Waals surface area (Å²) >= 11 is 5.67. The summed E-state index contributed by atoms with van der Waals surface area (Å²) in [4.78, 5) is 11.6. The van der Waals surface area contributed by atoms with Crippen LogP contribution < -0.4 is 0 Å². The number of carbonyl (C=O) groups excluding carboxylic acids is 1. The average molecular weight is 285 g/mol. The van der Waals surface area contributed by atoms with Crippen molar-refractivity contribution in [2.75, 3.05) is 0 Å². The van der Waals surface area contributed by atoms with E-state index < -0.39 is 5.24 Å². The third-order valence-corrected chi connectivity index (χ3v) is 3.53. The van der Waals surface area contributed by atoms with Crippen LogP contribution in [-0.2, 0) is 0 Å². The van der Waals surface area contributed by atoms with Crippen molar-refractivity contribution < 1.29 is 9.21 Å². The molecule has 0 saturated carbocycles. The topological polar surface area (TPSA) is 30.2 Å². The van der Waals surface area contributed by atoms with Gasteiger partial charge in [0.1, 0.15) is 5.58 Å². The Balaban J connectivity index is 2.36. The molecule has 0 bridgehead atoms. The molecule has 1 aromatic heterocycles. The van der Waals surface area contributed by atoms with Crippen molar-refractivity contribution in [3.05, 3.63) is 59.4 Å². The van der Waals surface area contributed by atoms with Crippen molar-refractivity contribution >= 4 is 27.8 Å². The molecule has 0 aliphatic heterocycles. The van der Waals surface area contributed by atoms with Crippen LogP contribution in [0.3, 0.4) is 0 Å². The quantitative estimate of drug-likeness (QED) is 0.613. The van der Waals surface area contributed by atoms with E-state index in [-0.39, 0.29) is 5.76 Å². The Bertz CT molecular complexity index is 798. The Morgan fingerprint density at radius 1 is 1.00 bits per heavy atom. The molecule has 1 heterocycles. The highest BCUT2D eigenvalue weighted by molar-refractivity contribution is 6.68. The Labute approximate surface area is 122 Å². The summed E-state index contributed by atoms with van der Waals surface area (Å²) < 4.78 is 5.62. The fourth-order valence-electron chi connectivity index (χ4n) is 2.36. The Kier molecular flexibility index (Phi) is 3.11. The van der Waals surface area contributed by atoms with Gasteiger partial charge in [-0.15, -0.1) is 0 Å². The van der Waals surface area contributed by atoms with Crippen LogP contribution in [0.5, 0.6) is 0 Å². The van der Waals surface area contributed by atoms with Crippen LogP contribution >= 0.6 is 11.6 Å². The summed E-state index contributed by atoms with van der Waals surface area (Å²) in [5, 5.41) is 0.340. The van der Waals surface area contributed by atoms with E-state index in [1.807, 2.05) is 56.3 Å². The number of hydrogen-bond acceptors (Lipinski definition) is 2. The van der Waals surface area contributed by atoms with E-state index in [4.69, 9.17) is 16.0 Å². The number of carbonyl (C=O) groups is 1. The third kappa shape index (κ3) is 2.12. The lowest BCUT2D eigenvalue weighted by molar-refractivity contribution is 0.106. The van der Waals surface area contributed by atoms with Crippen molar-refractivity contribution in [3.8, 4) is 11.1 Å². The van der Waals surface area contributed by atoms with Gasteiger partial charge >= 0.3 is 0 Å². The zero-order chi connectivity index (χ0) is 14.3. The fraction of sp³-hybridized carbons (Fsp3) is 0.118. The summed E-state index contributed by atoms with van der Waals surface area (Å²) in [6, 6.07) is 13.8. The molecule has 0 aliphatic carbocycles. The largest absolute Gasteiger partial charge is 0.451 e. The Hall–Kier alpha value is -2.06. The molecule has 3 aromatic rings. The number of aryl methyl sites for hydroxylation is 2. The second kappa shape index (κ2) is 4.80. The summed E-state index contributed by atoms with van der Waals surface area (Å²) in [6.45, 7) is 4.03. The maximum atomic E-state index is 11.6.